The van der Waals surface area contributed by atoms with Gasteiger partial charge in [0.25, 0.3) is 0 Å². The van der Waals surface area contributed by atoms with Crippen molar-refractivity contribution in [2.45, 2.75) is 58.8 Å². The molecule has 7 heteroatoms. The maximum atomic E-state index is 10.1. The van der Waals surface area contributed by atoms with Crippen molar-refractivity contribution in [1.82, 2.24) is 0 Å². The average molecular weight is 290 g/mol. The first-order valence-electron chi connectivity index (χ1n) is 5.17. The first kappa shape index (κ1) is 22.1. The van der Waals surface area contributed by atoms with E-state index in [4.69, 9.17) is 23.0 Å². The molecule has 3 unspecified atom stereocenters. The van der Waals surface area contributed by atoms with Gasteiger partial charge in [-0.1, -0.05) is 0 Å². The number of aliphatic hydroxyl groups is 3. The zero-order valence-corrected chi connectivity index (χ0v) is 12.1. The summed E-state index contributed by atoms with van der Waals surface area (Å²) >= 11 is -1.56. The number of rotatable bonds is 4. The van der Waals surface area contributed by atoms with E-state index in [9.17, 15) is 4.79 Å². The molecule has 4 N–H and O–H groups in total. The zero-order valence-electron chi connectivity index (χ0n) is 10.7. The maximum absolute atomic E-state index is 10.1. The van der Waals surface area contributed by atoms with Gasteiger partial charge in [-0.3, -0.25) is 4.79 Å². The van der Waals surface area contributed by atoms with Gasteiger partial charge in [0.15, 0.2) is 0 Å². The van der Waals surface area contributed by atoms with Crippen molar-refractivity contribution >= 4 is 5.78 Å². The van der Waals surface area contributed by atoms with Crippen LogP contribution in [0, 0.1) is 0 Å². The van der Waals surface area contributed by atoms with Crippen LogP contribution >= 0.6 is 0 Å². The van der Waals surface area contributed by atoms with Crippen LogP contribution in [0.2, 0.25) is 0 Å². The average Bonchev–Trinajstić information content (AvgIpc) is 1.99. The molecule has 104 valence electrons. The quantitative estimate of drug-likeness (QED) is 0.570. The molecule has 3 atom stereocenters. The van der Waals surface area contributed by atoms with Gasteiger partial charge >= 0.3 is 24.3 Å². The second kappa shape index (κ2) is 15.9. The molecular formula is C10H23O6V. The van der Waals surface area contributed by atoms with Gasteiger partial charge in [-0.2, -0.15) is 0 Å². The van der Waals surface area contributed by atoms with Crippen LogP contribution in [-0.4, -0.2) is 43.4 Å². The van der Waals surface area contributed by atoms with Crippen LogP contribution in [0.25, 0.3) is 0 Å². The molecule has 0 radical (unpaired) electrons. The van der Waals surface area contributed by atoms with Gasteiger partial charge in [0.2, 0.25) is 0 Å². The number of aliphatic hydroxyl groups excluding tert-OH is 3. The van der Waals surface area contributed by atoms with Gasteiger partial charge in [0.1, 0.15) is 5.78 Å². The number of carbonyl (C=O) groups excluding carboxylic acids is 1. The molecule has 0 aromatic rings. The molecule has 0 aliphatic carbocycles. The van der Waals surface area contributed by atoms with E-state index in [2.05, 4.69) is 0 Å². The van der Waals surface area contributed by atoms with Crippen molar-refractivity contribution < 1.29 is 44.4 Å². The molecule has 0 aromatic heterocycles. The molecule has 0 heterocycles. The van der Waals surface area contributed by atoms with Crippen LogP contribution in [0.1, 0.15) is 40.5 Å². The number of hydrogen-bond donors (Lipinski definition) is 4. The Morgan fingerprint density at radius 1 is 1.06 bits per heavy atom. The summed E-state index contributed by atoms with van der Waals surface area (Å²) in [6.07, 6.45) is -0.475. The second-order valence-corrected chi connectivity index (χ2v) is 4.03. The van der Waals surface area contributed by atoms with Crippen molar-refractivity contribution in [3.63, 3.8) is 0 Å². The molecule has 17 heavy (non-hydrogen) atoms. The summed E-state index contributed by atoms with van der Waals surface area (Å²) in [5.41, 5.74) is 0. The topological polar surface area (TPSA) is 115 Å². The fourth-order valence-corrected chi connectivity index (χ4v) is 0.910. The van der Waals surface area contributed by atoms with Gasteiger partial charge in [-0.25, -0.2) is 0 Å². The summed E-state index contributed by atoms with van der Waals surface area (Å²) in [6.45, 7) is 6.38. The predicted octanol–water partition coefficient (Wildman–Crippen LogP) is -0.194. The van der Waals surface area contributed by atoms with Crippen molar-refractivity contribution in [3.05, 3.63) is 0 Å². The predicted molar refractivity (Wildman–Crippen MR) is 57.9 cm³/mol. The summed E-state index contributed by atoms with van der Waals surface area (Å²) in [6, 6.07) is 0. The zero-order chi connectivity index (χ0) is 14.4. The van der Waals surface area contributed by atoms with Crippen LogP contribution in [0.3, 0.4) is 0 Å². The van der Waals surface area contributed by atoms with Crippen molar-refractivity contribution in [2.75, 3.05) is 0 Å². The normalized spacial score (nSPS) is 14.1. The first-order valence-corrected chi connectivity index (χ1v) is 6.37. The number of hydrogen-bond acceptors (Lipinski definition) is 5. The Morgan fingerprint density at radius 2 is 1.35 bits per heavy atom. The Hall–Kier alpha value is -0.106. The van der Waals surface area contributed by atoms with E-state index < -0.39 is 22.7 Å². The number of Topliss-reactive ketones (excluding diaryl/α,β-unsaturated/α-hetero) is 1. The van der Waals surface area contributed by atoms with Crippen LogP contribution in [0.4, 0.5) is 0 Å². The van der Waals surface area contributed by atoms with Gasteiger partial charge in [-0.15, -0.1) is 0 Å². The molecule has 0 saturated carbocycles. The Kier molecular flexibility index (Phi) is 20.7. The monoisotopic (exact) mass is 290 g/mol. The van der Waals surface area contributed by atoms with Crippen molar-refractivity contribution in [3.8, 4) is 0 Å². The van der Waals surface area contributed by atoms with Gasteiger partial charge < -0.3 is 15.3 Å². The van der Waals surface area contributed by atoms with E-state index in [0.717, 1.165) is 0 Å². The van der Waals surface area contributed by atoms with E-state index in [1.165, 1.54) is 6.92 Å². The number of carbonyl (C=O) groups is 1. The molecule has 0 fully saturated rings. The molecule has 0 rings (SSSR count). The van der Waals surface area contributed by atoms with E-state index >= 15 is 0 Å². The van der Waals surface area contributed by atoms with Crippen LogP contribution in [0.5, 0.6) is 0 Å². The van der Waals surface area contributed by atoms with Crippen molar-refractivity contribution in [1.29, 1.82) is 0 Å². The summed E-state index contributed by atoms with van der Waals surface area (Å²) in [5.74, 6) is 0.0370. The van der Waals surface area contributed by atoms with E-state index in [1.54, 1.807) is 20.8 Å². The fourth-order valence-electron chi connectivity index (χ4n) is 0.910. The van der Waals surface area contributed by atoms with Gasteiger partial charge in [-0.05, 0) is 34.1 Å². The van der Waals surface area contributed by atoms with E-state index in [1.807, 2.05) is 0 Å². The molecule has 0 amide bonds. The Bertz CT molecular complexity index is 176. The molecule has 0 aliphatic heterocycles. The third kappa shape index (κ3) is 49.2. The third-order valence-electron chi connectivity index (χ3n) is 1.27. The Balaban J connectivity index is -0.000000188. The minimum absolute atomic E-state index is 0.0370. The SMILES string of the molecule is CC(=O)CC(C)O.CC(O)CC(C)O.[O]=[V][OH]. The summed E-state index contributed by atoms with van der Waals surface area (Å²) in [7, 11) is 0. The molecule has 0 saturated heterocycles. The number of ketones is 1. The van der Waals surface area contributed by atoms with Gasteiger partial charge in [0, 0.05) is 6.42 Å². The molecule has 0 bridgehead atoms. The molecule has 0 spiro atoms. The minimum atomic E-state index is -1.56. The van der Waals surface area contributed by atoms with Gasteiger partial charge in [0.05, 0.1) is 18.3 Å². The van der Waals surface area contributed by atoms with Crippen LogP contribution < -0.4 is 0 Å². The Morgan fingerprint density at radius 3 is 1.35 bits per heavy atom. The molecule has 0 aromatic carbocycles. The Labute approximate surface area is 109 Å². The van der Waals surface area contributed by atoms with Crippen molar-refractivity contribution in [2.24, 2.45) is 0 Å². The standard InChI is InChI=1S/C5H12O2.C5H10O2.H2O.O.V/c2*1-4(6)3-5(2)7;;;/h4-7H,3H2,1-2H3;4,6H,3H2,1-2H3;1H2;;/q;;;;+1/p-1. The van der Waals surface area contributed by atoms with Crippen LogP contribution in [0.15, 0.2) is 0 Å². The molecule has 0 aliphatic rings. The summed E-state index contributed by atoms with van der Waals surface area (Å²) < 4.78 is 15.7. The summed E-state index contributed by atoms with van der Waals surface area (Å²) in [5, 5.41) is 25.6. The molecule has 6 nitrogen and oxygen atoms in total. The summed E-state index contributed by atoms with van der Waals surface area (Å²) in [4.78, 5) is 10.1. The van der Waals surface area contributed by atoms with E-state index in [-0.39, 0.29) is 24.4 Å². The second-order valence-electron chi connectivity index (χ2n) is 3.77. The van der Waals surface area contributed by atoms with Crippen LogP contribution in [-0.2, 0) is 25.1 Å². The first-order chi connectivity index (χ1) is 7.67. The van der Waals surface area contributed by atoms with E-state index in [0.29, 0.717) is 6.42 Å². The fraction of sp³-hybridized carbons (Fsp3) is 0.900. The molecular weight excluding hydrogens is 267 g/mol. The third-order valence-corrected chi connectivity index (χ3v) is 1.27.